The van der Waals surface area contributed by atoms with E-state index >= 15 is 0 Å². The number of halogens is 1. The van der Waals surface area contributed by atoms with Gasteiger partial charge in [-0.1, -0.05) is 75.2 Å². The van der Waals surface area contributed by atoms with Crippen molar-refractivity contribution in [2.24, 2.45) is 0 Å². The first-order valence-electron chi connectivity index (χ1n) is 7.21. The van der Waals surface area contributed by atoms with Gasteiger partial charge in [0.05, 0.1) is 0 Å². The Morgan fingerprint density at radius 1 is 1.06 bits per heavy atom. The first-order chi connectivity index (χ1) is 8.79. The Bertz CT molecular complexity index is 325. The van der Waals surface area contributed by atoms with Gasteiger partial charge in [-0.25, -0.2) is 0 Å². The second kappa shape index (κ2) is 9.41. The highest BCUT2D eigenvalue weighted by Crippen LogP contribution is 2.26. The SMILES string of the molecule is CCCCCCCCC(NC)c1ccccc1Cl. The van der Waals surface area contributed by atoms with E-state index in [9.17, 15) is 0 Å². The minimum atomic E-state index is 0.393. The second-order valence-electron chi connectivity index (χ2n) is 4.92. The summed E-state index contributed by atoms with van der Waals surface area (Å²) in [7, 11) is 2.02. The number of hydrogen-bond acceptors (Lipinski definition) is 1. The molecule has 0 bridgehead atoms. The lowest BCUT2D eigenvalue weighted by molar-refractivity contribution is 0.498. The topological polar surface area (TPSA) is 12.0 Å². The standard InChI is InChI=1S/C16H26ClN/c1-3-4-5-6-7-8-13-16(18-2)14-11-9-10-12-15(14)17/h9-12,16,18H,3-8,13H2,1-2H3. The molecular formula is C16H26ClN. The zero-order valence-corrected chi connectivity index (χ0v) is 12.5. The average Bonchev–Trinajstić information content (AvgIpc) is 2.39. The molecule has 0 aliphatic carbocycles. The Balaban J connectivity index is 2.32. The van der Waals surface area contributed by atoms with Crippen LogP contribution in [0.3, 0.4) is 0 Å². The highest BCUT2D eigenvalue weighted by Gasteiger charge is 2.11. The van der Waals surface area contributed by atoms with Gasteiger partial charge in [0.25, 0.3) is 0 Å². The number of hydrogen-bond donors (Lipinski definition) is 1. The van der Waals surface area contributed by atoms with Crippen molar-refractivity contribution in [1.29, 1.82) is 0 Å². The fourth-order valence-electron chi connectivity index (χ4n) is 2.34. The third-order valence-electron chi connectivity index (χ3n) is 3.48. The Hall–Kier alpha value is -0.530. The fourth-order valence-corrected chi connectivity index (χ4v) is 2.61. The normalized spacial score (nSPS) is 12.6. The molecule has 0 heterocycles. The highest BCUT2D eigenvalue weighted by molar-refractivity contribution is 6.31. The van der Waals surface area contributed by atoms with Gasteiger partial charge in [0, 0.05) is 11.1 Å². The van der Waals surface area contributed by atoms with Crippen molar-refractivity contribution >= 4 is 11.6 Å². The summed E-state index contributed by atoms with van der Waals surface area (Å²) in [6, 6.07) is 8.55. The molecule has 0 aromatic heterocycles. The third kappa shape index (κ3) is 5.41. The van der Waals surface area contributed by atoms with E-state index in [0.29, 0.717) is 6.04 Å². The number of benzene rings is 1. The molecule has 1 N–H and O–H groups in total. The monoisotopic (exact) mass is 267 g/mol. The zero-order valence-electron chi connectivity index (χ0n) is 11.7. The molecule has 1 aromatic carbocycles. The van der Waals surface area contributed by atoms with Crippen molar-refractivity contribution in [3.05, 3.63) is 34.9 Å². The van der Waals surface area contributed by atoms with Gasteiger partial charge in [0.2, 0.25) is 0 Å². The molecule has 18 heavy (non-hydrogen) atoms. The van der Waals surface area contributed by atoms with Crippen LogP contribution in [0.15, 0.2) is 24.3 Å². The van der Waals surface area contributed by atoms with Crippen LogP contribution in [0.5, 0.6) is 0 Å². The lowest BCUT2D eigenvalue weighted by Gasteiger charge is -2.17. The van der Waals surface area contributed by atoms with Gasteiger partial charge in [-0.3, -0.25) is 0 Å². The molecule has 1 atom stereocenters. The van der Waals surface area contributed by atoms with Crippen LogP contribution in [-0.2, 0) is 0 Å². The predicted octanol–water partition coefficient (Wildman–Crippen LogP) is 5.35. The molecule has 1 nitrogen and oxygen atoms in total. The van der Waals surface area contributed by atoms with Gasteiger partial charge in [-0.05, 0) is 25.1 Å². The van der Waals surface area contributed by atoms with Crippen molar-refractivity contribution in [1.82, 2.24) is 5.32 Å². The van der Waals surface area contributed by atoms with Crippen molar-refractivity contribution in [2.45, 2.75) is 57.9 Å². The van der Waals surface area contributed by atoms with Gasteiger partial charge in [0.15, 0.2) is 0 Å². The van der Waals surface area contributed by atoms with Crippen molar-refractivity contribution in [2.75, 3.05) is 7.05 Å². The van der Waals surface area contributed by atoms with Crippen LogP contribution < -0.4 is 5.32 Å². The van der Waals surface area contributed by atoms with Gasteiger partial charge < -0.3 is 5.32 Å². The minimum Gasteiger partial charge on any atom is -0.313 e. The Morgan fingerprint density at radius 3 is 2.39 bits per heavy atom. The lowest BCUT2D eigenvalue weighted by Crippen LogP contribution is -2.16. The van der Waals surface area contributed by atoms with Gasteiger partial charge in [-0.15, -0.1) is 0 Å². The van der Waals surface area contributed by atoms with Gasteiger partial charge in [0.1, 0.15) is 0 Å². The first-order valence-corrected chi connectivity index (χ1v) is 7.59. The maximum Gasteiger partial charge on any atom is 0.0453 e. The molecule has 2 heteroatoms. The maximum absolute atomic E-state index is 6.24. The molecule has 1 rings (SSSR count). The molecule has 0 aliphatic heterocycles. The van der Waals surface area contributed by atoms with Crippen LogP contribution in [0.2, 0.25) is 5.02 Å². The molecule has 0 amide bonds. The molecular weight excluding hydrogens is 242 g/mol. The van der Waals surface area contributed by atoms with Crippen molar-refractivity contribution < 1.29 is 0 Å². The molecule has 0 aliphatic rings. The van der Waals surface area contributed by atoms with Crippen LogP contribution in [0, 0.1) is 0 Å². The summed E-state index contributed by atoms with van der Waals surface area (Å²) in [5.41, 5.74) is 1.23. The van der Waals surface area contributed by atoms with E-state index < -0.39 is 0 Å². The summed E-state index contributed by atoms with van der Waals surface area (Å²) >= 11 is 6.24. The number of rotatable bonds is 9. The summed E-state index contributed by atoms with van der Waals surface area (Å²) in [4.78, 5) is 0. The summed E-state index contributed by atoms with van der Waals surface area (Å²) in [5.74, 6) is 0. The quantitative estimate of drug-likeness (QED) is 0.595. The fraction of sp³-hybridized carbons (Fsp3) is 0.625. The van der Waals surface area contributed by atoms with E-state index in [1.165, 1.54) is 50.5 Å². The lowest BCUT2D eigenvalue weighted by atomic mass is 9.99. The third-order valence-corrected chi connectivity index (χ3v) is 3.82. The largest absolute Gasteiger partial charge is 0.313 e. The van der Waals surface area contributed by atoms with Crippen LogP contribution in [0.4, 0.5) is 0 Å². The molecule has 1 unspecified atom stereocenters. The van der Waals surface area contributed by atoms with E-state index in [-0.39, 0.29) is 0 Å². The summed E-state index contributed by atoms with van der Waals surface area (Å²) in [6.45, 7) is 2.26. The predicted molar refractivity (Wildman–Crippen MR) is 81.2 cm³/mol. The zero-order chi connectivity index (χ0) is 13.2. The minimum absolute atomic E-state index is 0.393. The number of unbranched alkanes of at least 4 members (excludes halogenated alkanes) is 5. The Morgan fingerprint density at radius 2 is 1.72 bits per heavy atom. The molecule has 0 saturated heterocycles. The highest BCUT2D eigenvalue weighted by atomic mass is 35.5. The van der Waals surface area contributed by atoms with E-state index in [0.717, 1.165) is 5.02 Å². The molecule has 0 spiro atoms. The smallest absolute Gasteiger partial charge is 0.0453 e. The number of nitrogens with one attached hydrogen (secondary N) is 1. The first kappa shape index (κ1) is 15.5. The maximum atomic E-state index is 6.24. The summed E-state index contributed by atoms with van der Waals surface area (Å²) in [5, 5.41) is 4.25. The van der Waals surface area contributed by atoms with Crippen LogP contribution in [0.1, 0.15) is 63.5 Å². The van der Waals surface area contributed by atoms with E-state index in [4.69, 9.17) is 11.6 Å². The van der Waals surface area contributed by atoms with Gasteiger partial charge >= 0.3 is 0 Å². The average molecular weight is 268 g/mol. The van der Waals surface area contributed by atoms with Gasteiger partial charge in [-0.2, -0.15) is 0 Å². The van der Waals surface area contributed by atoms with Crippen LogP contribution in [0.25, 0.3) is 0 Å². The molecule has 0 fully saturated rings. The summed E-state index contributed by atoms with van der Waals surface area (Å²) in [6.07, 6.45) is 9.23. The van der Waals surface area contributed by atoms with Crippen molar-refractivity contribution in [3.63, 3.8) is 0 Å². The van der Waals surface area contributed by atoms with Crippen molar-refractivity contribution in [3.8, 4) is 0 Å². The second-order valence-corrected chi connectivity index (χ2v) is 5.33. The Kier molecular flexibility index (Phi) is 8.11. The van der Waals surface area contributed by atoms with Crippen LogP contribution in [-0.4, -0.2) is 7.05 Å². The summed E-state index contributed by atoms with van der Waals surface area (Å²) < 4.78 is 0. The van der Waals surface area contributed by atoms with E-state index in [1.807, 2.05) is 19.2 Å². The molecule has 102 valence electrons. The Labute approximate surface area is 117 Å². The van der Waals surface area contributed by atoms with E-state index in [1.54, 1.807) is 0 Å². The van der Waals surface area contributed by atoms with Crippen LogP contribution >= 0.6 is 11.6 Å². The molecule has 0 saturated carbocycles. The molecule has 1 aromatic rings. The van der Waals surface area contributed by atoms with E-state index in [2.05, 4.69) is 24.4 Å². The molecule has 0 radical (unpaired) electrons.